The topological polar surface area (TPSA) is 127 Å². The van der Waals surface area contributed by atoms with Gasteiger partial charge in [-0.15, -0.1) is 0 Å². The second-order valence-electron chi connectivity index (χ2n) is 3.08. The highest BCUT2D eigenvalue weighted by molar-refractivity contribution is 7.61. The van der Waals surface area contributed by atoms with Crippen molar-refractivity contribution in [2.75, 3.05) is 12.4 Å². The summed E-state index contributed by atoms with van der Waals surface area (Å²) in [5.41, 5.74) is 0.221. The highest BCUT2D eigenvalue weighted by Crippen LogP contribution is 2.38. The maximum absolute atomic E-state index is 11.0. The van der Waals surface area contributed by atoms with Crippen LogP contribution < -0.4 is 15.9 Å². The maximum atomic E-state index is 11.0. The van der Waals surface area contributed by atoms with Gasteiger partial charge in [-0.2, -0.15) is 0 Å². The zero-order chi connectivity index (χ0) is 12.6. The van der Waals surface area contributed by atoms with Crippen LogP contribution in [0.3, 0.4) is 0 Å². The number of hydrogen-bond acceptors (Lipinski definition) is 3. The van der Waals surface area contributed by atoms with Gasteiger partial charge in [0, 0.05) is 12.7 Å². The molecule has 0 aliphatic heterocycles. The van der Waals surface area contributed by atoms with Crippen LogP contribution >= 0.6 is 15.2 Å². The Labute approximate surface area is 91.4 Å². The van der Waals surface area contributed by atoms with E-state index in [-0.39, 0.29) is 5.69 Å². The van der Waals surface area contributed by atoms with Gasteiger partial charge in [-0.05, 0) is 18.2 Å². The van der Waals surface area contributed by atoms with Crippen molar-refractivity contribution in [1.82, 2.24) is 0 Å². The van der Waals surface area contributed by atoms with Crippen LogP contribution in [0, 0.1) is 0 Å². The smallest absolute Gasteiger partial charge is 0.356 e. The minimum absolute atomic E-state index is 0.221. The van der Waals surface area contributed by atoms with E-state index < -0.39 is 25.8 Å². The minimum Gasteiger partial charge on any atom is -0.388 e. The third-order valence-corrected chi connectivity index (χ3v) is 3.73. The zero-order valence-electron chi connectivity index (χ0n) is 8.23. The van der Waals surface area contributed by atoms with E-state index in [0.717, 1.165) is 18.2 Å². The molecule has 16 heavy (non-hydrogen) atoms. The molecule has 0 saturated heterocycles. The molecule has 7 nitrogen and oxygen atoms in total. The monoisotopic (exact) mass is 267 g/mol. The highest BCUT2D eigenvalue weighted by Gasteiger charge is 2.24. The van der Waals surface area contributed by atoms with Crippen molar-refractivity contribution in [2.45, 2.75) is 0 Å². The molecule has 1 rings (SSSR count). The molecular weight excluding hydrogens is 256 g/mol. The quantitative estimate of drug-likeness (QED) is 0.460. The van der Waals surface area contributed by atoms with Crippen molar-refractivity contribution in [3.63, 3.8) is 0 Å². The summed E-state index contributed by atoms with van der Waals surface area (Å²) >= 11 is 0. The van der Waals surface area contributed by atoms with Crippen LogP contribution in [0.4, 0.5) is 5.69 Å². The average Bonchev–Trinajstić information content (AvgIpc) is 2.14. The molecule has 0 aliphatic carbocycles. The van der Waals surface area contributed by atoms with Gasteiger partial charge in [0.25, 0.3) is 0 Å². The van der Waals surface area contributed by atoms with E-state index in [1.807, 2.05) is 0 Å². The van der Waals surface area contributed by atoms with Gasteiger partial charge < -0.3 is 24.9 Å². The molecule has 0 fully saturated rings. The molecule has 0 aromatic heterocycles. The summed E-state index contributed by atoms with van der Waals surface area (Å²) in [6.07, 6.45) is 0. The summed E-state index contributed by atoms with van der Waals surface area (Å²) in [6.45, 7) is 0. The van der Waals surface area contributed by atoms with Crippen LogP contribution in [0.2, 0.25) is 0 Å². The molecule has 90 valence electrons. The van der Waals surface area contributed by atoms with Crippen molar-refractivity contribution in [2.24, 2.45) is 0 Å². The van der Waals surface area contributed by atoms with Crippen molar-refractivity contribution in [3.05, 3.63) is 18.2 Å². The zero-order valence-corrected chi connectivity index (χ0v) is 10.0. The molecular formula is C7H11NO6P2. The lowest BCUT2D eigenvalue weighted by Crippen LogP contribution is -2.15. The number of anilines is 1. The first kappa shape index (κ1) is 13.4. The molecule has 9 heteroatoms. The molecule has 0 atom stereocenters. The lowest BCUT2D eigenvalue weighted by Gasteiger charge is -2.11. The van der Waals surface area contributed by atoms with Crippen molar-refractivity contribution in [1.29, 1.82) is 0 Å². The van der Waals surface area contributed by atoms with Crippen molar-refractivity contribution < 1.29 is 28.7 Å². The third kappa shape index (κ3) is 3.15. The summed E-state index contributed by atoms with van der Waals surface area (Å²) in [7, 11) is -7.60. The first-order valence-electron chi connectivity index (χ1n) is 4.09. The normalized spacial score (nSPS) is 12.6. The Bertz CT molecular complexity index is 449. The van der Waals surface area contributed by atoms with Crippen LogP contribution in [-0.4, -0.2) is 26.6 Å². The fraction of sp³-hybridized carbons (Fsp3) is 0.143. The van der Waals surface area contributed by atoms with Gasteiger partial charge in [-0.1, -0.05) is 0 Å². The SMILES string of the molecule is CNc1cc(P(=O)(O)O)cc(P(=O)(O)O)c1. The van der Waals surface area contributed by atoms with E-state index in [1.54, 1.807) is 0 Å². The summed E-state index contributed by atoms with van der Waals surface area (Å²) in [5.74, 6) is 0. The molecule has 5 N–H and O–H groups in total. The molecule has 0 heterocycles. The molecule has 1 aromatic carbocycles. The lowest BCUT2D eigenvalue weighted by molar-refractivity contribution is 0.386. The van der Waals surface area contributed by atoms with E-state index >= 15 is 0 Å². The Morgan fingerprint density at radius 1 is 0.938 bits per heavy atom. The Kier molecular flexibility index (Phi) is 3.59. The molecule has 0 unspecified atom stereocenters. The molecule has 0 amide bonds. The van der Waals surface area contributed by atoms with Gasteiger partial charge in [-0.3, -0.25) is 9.13 Å². The van der Waals surface area contributed by atoms with Gasteiger partial charge >= 0.3 is 15.2 Å². The predicted octanol–water partition coefficient (Wildman–Crippen LogP) is -0.666. The first-order valence-corrected chi connectivity index (χ1v) is 7.32. The predicted molar refractivity (Wildman–Crippen MR) is 59.3 cm³/mol. The number of nitrogens with one attached hydrogen (secondary N) is 1. The van der Waals surface area contributed by atoms with Crippen molar-refractivity contribution in [3.8, 4) is 0 Å². The summed E-state index contributed by atoms with van der Waals surface area (Å²) in [4.78, 5) is 35.7. The van der Waals surface area contributed by atoms with Gasteiger partial charge in [0.2, 0.25) is 0 Å². The Hall–Kier alpha value is -0.680. The van der Waals surface area contributed by atoms with Gasteiger partial charge in [0.15, 0.2) is 0 Å². The summed E-state index contributed by atoms with van der Waals surface area (Å²) in [5, 5.41) is 1.70. The van der Waals surface area contributed by atoms with Crippen LogP contribution in [-0.2, 0) is 9.13 Å². The third-order valence-electron chi connectivity index (χ3n) is 1.86. The van der Waals surface area contributed by atoms with Gasteiger partial charge in [0.05, 0.1) is 10.6 Å². The number of hydrogen-bond donors (Lipinski definition) is 5. The number of rotatable bonds is 3. The van der Waals surface area contributed by atoms with E-state index in [4.69, 9.17) is 19.6 Å². The Balaban J connectivity index is 3.45. The second kappa shape index (κ2) is 4.30. The van der Waals surface area contributed by atoms with Crippen LogP contribution in [0.15, 0.2) is 18.2 Å². The van der Waals surface area contributed by atoms with E-state index in [1.165, 1.54) is 7.05 Å². The highest BCUT2D eigenvalue weighted by atomic mass is 31.2. The Morgan fingerprint density at radius 2 is 1.31 bits per heavy atom. The van der Waals surface area contributed by atoms with E-state index in [2.05, 4.69) is 5.32 Å². The fourth-order valence-corrected chi connectivity index (χ4v) is 2.41. The van der Waals surface area contributed by atoms with Gasteiger partial charge in [0.1, 0.15) is 0 Å². The largest absolute Gasteiger partial charge is 0.388 e. The average molecular weight is 267 g/mol. The molecule has 0 bridgehead atoms. The molecule has 0 saturated carbocycles. The van der Waals surface area contributed by atoms with E-state index in [9.17, 15) is 9.13 Å². The number of benzene rings is 1. The van der Waals surface area contributed by atoms with Crippen LogP contribution in [0.25, 0.3) is 0 Å². The lowest BCUT2D eigenvalue weighted by atomic mass is 10.3. The minimum atomic E-state index is -4.54. The van der Waals surface area contributed by atoms with Crippen LogP contribution in [0.1, 0.15) is 0 Å². The van der Waals surface area contributed by atoms with Gasteiger partial charge in [-0.25, -0.2) is 0 Å². The Morgan fingerprint density at radius 3 is 1.56 bits per heavy atom. The summed E-state index contributed by atoms with van der Waals surface area (Å²) in [6, 6.07) is 3.09. The first-order chi connectivity index (χ1) is 7.14. The van der Waals surface area contributed by atoms with Crippen LogP contribution in [0.5, 0.6) is 0 Å². The second-order valence-corrected chi connectivity index (χ2v) is 6.29. The van der Waals surface area contributed by atoms with E-state index in [0.29, 0.717) is 0 Å². The molecule has 0 spiro atoms. The standard InChI is InChI=1S/C7H11NO6P2/c1-8-5-2-6(15(9,10)11)4-7(3-5)16(12,13)14/h2-4,8H,1H3,(H2,9,10,11)(H2,12,13,14). The van der Waals surface area contributed by atoms with Crippen molar-refractivity contribution >= 4 is 31.5 Å². The fourth-order valence-electron chi connectivity index (χ4n) is 1.08. The summed E-state index contributed by atoms with van der Waals surface area (Å²) < 4.78 is 22.0. The molecule has 0 radical (unpaired) electrons. The maximum Gasteiger partial charge on any atom is 0.356 e. The molecule has 1 aromatic rings. The molecule has 0 aliphatic rings.